The third-order valence-corrected chi connectivity index (χ3v) is 9.57. The van der Waals surface area contributed by atoms with Gasteiger partial charge >= 0.3 is 11.9 Å². The highest BCUT2D eigenvalue weighted by atomic mass is 16.5. The molecule has 49 heavy (non-hydrogen) atoms. The maximum Gasteiger partial charge on any atom is 0.338 e. The fourth-order valence-electron chi connectivity index (χ4n) is 7.30. The third kappa shape index (κ3) is 5.44. The van der Waals surface area contributed by atoms with Crippen molar-refractivity contribution < 1.29 is 19.1 Å². The second kappa shape index (κ2) is 13.0. The van der Waals surface area contributed by atoms with E-state index in [4.69, 9.17) is 9.47 Å². The molecule has 0 unspecified atom stereocenters. The summed E-state index contributed by atoms with van der Waals surface area (Å²) in [4.78, 5) is 26.2. The fraction of sp³-hybridized carbons (Fsp3) is 0.156. The number of carbonyl (C=O) groups excluding carboxylic acids is 2. The summed E-state index contributed by atoms with van der Waals surface area (Å²) in [5, 5.41) is 0. The number of ether oxygens (including phenoxy) is 2. The number of benzene rings is 6. The minimum Gasteiger partial charge on any atom is -0.462 e. The molecule has 1 aliphatic carbocycles. The van der Waals surface area contributed by atoms with E-state index in [1.54, 1.807) is 0 Å². The van der Waals surface area contributed by atoms with Crippen LogP contribution in [0, 0.1) is 13.8 Å². The van der Waals surface area contributed by atoms with Gasteiger partial charge in [0.15, 0.2) is 0 Å². The van der Waals surface area contributed by atoms with Gasteiger partial charge in [-0.1, -0.05) is 120 Å². The Balaban J connectivity index is 1.55. The zero-order valence-electron chi connectivity index (χ0n) is 28.2. The maximum absolute atomic E-state index is 13.1. The van der Waals surface area contributed by atoms with Gasteiger partial charge in [-0.15, -0.1) is 0 Å². The summed E-state index contributed by atoms with van der Waals surface area (Å²) < 4.78 is 10.9. The molecule has 0 radical (unpaired) electrons. The van der Waals surface area contributed by atoms with Crippen LogP contribution >= 0.6 is 0 Å². The molecule has 0 bridgehead atoms. The van der Waals surface area contributed by atoms with Crippen LogP contribution in [0.2, 0.25) is 0 Å². The average molecular weight is 643 g/mol. The fourth-order valence-corrected chi connectivity index (χ4v) is 7.30. The molecule has 0 fully saturated rings. The highest BCUT2D eigenvalue weighted by molar-refractivity contribution is 6.00. The van der Waals surface area contributed by atoms with Crippen LogP contribution in [-0.4, -0.2) is 25.2 Å². The van der Waals surface area contributed by atoms with E-state index in [1.165, 1.54) is 11.1 Å². The van der Waals surface area contributed by atoms with Crippen molar-refractivity contribution in [2.75, 3.05) is 13.2 Å². The first-order valence-corrected chi connectivity index (χ1v) is 16.8. The van der Waals surface area contributed by atoms with E-state index in [1.807, 2.05) is 62.4 Å². The summed E-state index contributed by atoms with van der Waals surface area (Å²) in [7, 11) is 0. The molecule has 1 aliphatic rings. The molecule has 6 aromatic rings. The van der Waals surface area contributed by atoms with Gasteiger partial charge in [-0.2, -0.15) is 0 Å². The topological polar surface area (TPSA) is 52.6 Å². The first-order chi connectivity index (χ1) is 23.9. The normalized spacial score (nSPS) is 12.6. The van der Waals surface area contributed by atoms with Crippen LogP contribution in [-0.2, 0) is 14.9 Å². The predicted octanol–water partition coefficient (Wildman–Crippen LogP) is 10.4. The van der Waals surface area contributed by atoms with E-state index in [2.05, 4.69) is 98.8 Å². The van der Waals surface area contributed by atoms with Gasteiger partial charge in [0.05, 0.1) is 29.8 Å². The first kappa shape index (κ1) is 31.8. The van der Waals surface area contributed by atoms with Crippen LogP contribution in [0.15, 0.2) is 133 Å². The second-order valence-electron chi connectivity index (χ2n) is 12.5. The molecule has 0 aromatic heterocycles. The average Bonchev–Trinajstić information content (AvgIpc) is 3.42. The lowest BCUT2D eigenvalue weighted by molar-refractivity contribution is 0.0517. The standard InChI is InChI=1S/C45H38O4/c1-5-48-43(46)39-13-9-7-11-35(39)31-19-25-37-38-26-20-32(36-12-8-10-14-40(36)44(47)49-6-2)28-42(38)45(41(37)27-31,33-21-15-29(3)16-22-33)34-23-17-30(4)18-24-34/h7-28H,5-6H2,1-4H3. The van der Waals surface area contributed by atoms with Crippen LogP contribution in [0.1, 0.15) is 67.9 Å². The molecule has 0 atom stereocenters. The molecule has 4 nitrogen and oxygen atoms in total. The van der Waals surface area contributed by atoms with E-state index < -0.39 is 5.41 Å². The van der Waals surface area contributed by atoms with Crippen molar-refractivity contribution in [3.8, 4) is 33.4 Å². The summed E-state index contributed by atoms with van der Waals surface area (Å²) >= 11 is 0. The second-order valence-corrected chi connectivity index (χ2v) is 12.5. The molecule has 0 spiro atoms. The number of aryl methyl sites for hydroxylation is 2. The molecule has 6 aromatic carbocycles. The van der Waals surface area contributed by atoms with Gasteiger partial charge in [-0.05, 0) is 108 Å². The molecule has 0 N–H and O–H groups in total. The summed E-state index contributed by atoms with van der Waals surface area (Å²) in [6, 6.07) is 46.0. The van der Waals surface area contributed by atoms with E-state index in [0.717, 1.165) is 55.6 Å². The molecule has 4 heteroatoms. The van der Waals surface area contributed by atoms with Gasteiger partial charge in [-0.3, -0.25) is 0 Å². The lowest BCUT2D eigenvalue weighted by atomic mass is 9.67. The van der Waals surface area contributed by atoms with Gasteiger partial charge in [0.25, 0.3) is 0 Å². The molecule has 0 saturated carbocycles. The SMILES string of the molecule is CCOC(=O)c1ccccc1-c1ccc2c(c1)C(c1ccc(C)cc1)(c1ccc(C)cc1)c1cc(-c3ccccc3C(=O)OCC)ccc1-2. The van der Waals surface area contributed by atoms with Gasteiger partial charge in [-0.25, -0.2) is 9.59 Å². The number of fused-ring (bicyclic) bond motifs is 3. The largest absolute Gasteiger partial charge is 0.462 e. The first-order valence-electron chi connectivity index (χ1n) is 16.8. The van der Waals surface area contributed by atoms with E-state index in [-0.39, 0.29) is 11.9 Å². The van der Waals surface area contributed by atoms with Crippen molar-refractivity contribution in [2.24, 2.45) is 0 Å². The summed E-state index contributed by atoms with van der Waals surface area (Å²) in [5.74, 6) is -0.676. The number of carbonyl (C=O) groups is 2. The molecule has 242 valence electrons. The summed E-state index contributed by atoms with van der Waals surface area (Å²) in [6.45, 7) is 8.46. The van der Waals surface area contributed by atoms with Gasteiger partial charge < -0.3 is 9.47 Å². The minimum atomic E-state index is -0.699. The highest BCUT2D eigenvalue weighted by Crippen LogP contribution is 2.57. The van der Waals surface area contributed by atoms with Gasteiger partial charge in [0, 0.05) is 0 Å². The summed E-state index contributed by atoms with van der Waals surface area (Å²) in [6.07, 6.45) is 0. The zero-order valence-corrected chi connectivity index (χ0v) is 28.2. The van der Waals surface area contributed by atoms with E-state index in [9.17, 15) is 9.59 Å². The van der Waals surface area contributed by atoms with Crippen molar-refractivity contribution in [3.05, 3.63) is 178 Å². The maximum atomic E-state index is 13.1. The van der Waals surface area contributed by atoms with Crippen LogP contribution in [0.5, 0.6) is 0 Å². The Bertz CT molecular complexity index is 2030. The lowest BCUT2D eigenvalue weighted by Crippen LogP contribution is -2.28. The van der Waals surface area contributed by atoms with Crippen molar-refractivity contribution >= 4 is 11.9 Å². The monoisotopic (exact) mass is 642 g/mol. The Kier molecular flexibility index (Phi) is 8.48. The predicted molar refractivity (Wildman–Crippen MR) is 196 cm³/mol. The molecular weight excluding hydrogens is 604 g/mol. The van der Waals surface area contributed by atoms with Gasteiger partial charge in [0.2, 0.25) is 0 Å². The molecule has 0 heterocycles. The Morgan fingerprint density at radius 3 is 1.27 bits per heavy atom. The van der Waals surface area contributed by atoms with Crippen LogP contribution in [0.4, 0.5) is 0 Å². The Morgan fingerprint density at radius 2 is 0.878 bits per heavy atom. The number of esters is 2. The third-order valence-electron chi connectivity index (χ3n) is 9.57. The molecule has 0 saturated heterocycles. The molecule has 0 aliphatic heterocycles. The van der Waals surface area contributed by atoms with Crippen molar-refractivity contribution in [1.82, 2.24) is 0 Å². The molecule has 7 rings (SSSR count). The van der Waals surface area contributed by atoms with Crippen LogP contribution in [0.25, 0.3) is 33.4 Å². The Labute approximate surface area is 288 Å². The van der Waals surface area contributed by atoms with Crippen molar-refractivity contribution in [3.63, 3.8) is 0 Å². The van der Waals surface area contributed by atoms with Crippen LogP contribution < -0.4 is 0 Å². The zero-order chi connectivity index (χ0) is 34.1. The highest BCUT2D eigenvalue weighted by Gasteiger charge is 2.46. The molecular formula is C45H38O4. The van der Waals surface area contributed by atoms with Crippen molar-refractivity contribution in [1.29, 1.82) is 0 Å². The van der Waals surface area contributed by atoms with Gasteiger partial charge in [0.1, 0.15) is 0 Å². The smallest absolute Gasteiger partial charge is 0.338 e. The lowest BCUT2D eigenvalue weighted by Gasteiger charge is -2.34. The van der Waals surface area contributed by atoms with E-state index >= 15 is 0 Å². The Hall–Kier alpha value is -5.74. The Morgan fingerprint density at radius 1 is 0.490 bits per heavy atom. The number of hydrogen-bond donors (Lipinski definition) is 0. The number of rotatable bonds is 8. The number of hydrogen-bond acceptors (Lipinski definition) is 4. The molecule has 0 amide bonds. The van der Waals surface area contributed by atoms with Crippen molar-refractivity contribution in [2.45, 2.75) is 33.1 Å². The van der Waals surface area contributed by atoms with Crippen LogP contribution in [0.3, 0.4) is 0 Å². The quantitative estimate of drug-likeness (QED) is 0.155. The van der Waals surface area contributed by atoms with E-state index in [0.29, 0.717) is 24.3 Å². The minimum absolute atomic E-state index is 0.304. The summed E-state index contributed by atoms with van der Waals surface area (Å²) in [5.41, 5.74) is 13.0.